The van der Waals surface area contributed by atoms with Gasteiger partial charge in [0.25, 0.3) is 5.91 Å². The molecule has 0 radical (unpaired) electrons. The molecule has 3 aromatic rings. The average molecular weight is 340 g/mol. The van der Waals surface area contributed by atoms with Crippen molar-refractivity contribution in [2.24, 2.45) is 0 Å². The number of imidazole rings is 1. The maximum atomic E-state index is 13.1. The summed E-state index contributed by atoms with van der Waals surface area (Å²) in [7, 11) is 1.68. The number of nitrogens with zero attached hydrogens (tertiary/aromatic N) is 5. The molecule has 0 aliphatic carbocycles. The number of nitrogen functional groups attached to an aromatic ring is 1. The van der Waals surface area contributed by atoms with Gasteiger partial charge in [-0.3, -0.25) is 9.48 Å². The van der Waals surface area contributed by atoms with Crippen molar-refractivity contribution < 1.29 is 9.53 Å². The molecule has 4 rings (SSSR count). The summed E-state index contributed by atoms with van der Waals surface area (Å²) in [5.74, 6) is 0.463. The molecule has 2 N–H and O–H groups in total. The first-order valence-corrected chi connectivity index (χ1v) is 8.19. The summed E-state index contributed by atoms with van der Waals surface area (Å²) < 4.78 is 9.12. The van der Waals surface area contributed by atoms with E-state index in [2.05, 4.69) is 10.1 Å². The van der Waals surface area contributed by atoms with Crippen LogP contribution in [0.2, 0.25) is 0 Å². The number of fused-ring (bicyclic) bond motifs is 1. The standard InChI is InChI=1S/C17H20N6O2/c1-25-14-8-13(10-22-6-4-15(18)20-22)23(11-14)17(24)12-2-3-16-19-5-7-21(16)9-12/h2-7,9,13-14H,8,10-11H2,1H3,(H2,18,20)/t13-,14-/m0/s1. The van der Waals surface area contributed by atoms with Crippen LogP contribution in [0.15, 0.2) is 43.0 Å². The molecule has 1 saturated heterocycles. The fraction of sp³-hybridized carbons (Fsp3) is 0.353. The number of hydrogen-bond donors (Lipinski definition) is 1. The van der Waals surface area contributed by atoms with E-state index in [1.807, 2.05) is 40.0 Å². The molecule has 4 heterocycles. The molecular formula is C17H20N6O2. The predicted octanol–water partition coefficient (Wildman–Crippen LogP) is 1.04. The Kier molecular flexibility index (Phi) is 3.89. The molecule has 1 aliphatic heterocycles. The molecule has 25 heavy (non-hydrogen) atoms. The van der Waals surface area contributed by atoms with Crippen LogP contribution in [0.25, 0.3) is 5.65 Å². The largest absolute Gasteiger partial charge is 0.382 e. The molecule has 1 aliphatic rings. The Hall–Kier alpha value is -2.87. The number of aromatic nitrogens is 4. The SMILES string of the molecule is CO[C@H]1C[C@@H](Cn2ccc(N)n2)N(C(=O)c2ccc3nccn3c2)C1. The molecule has 3 aromatic heterocycles. The third-order valence-electron chi connectivity index (χ3n) is 4.67. The maximum Gasteiger partial charge on any atom is 0.255 e. The molecule has 0 bridgehead atoms. The first-order valence-electron chi connectivity index (χ1n) is 8.19. The Morgan fingerprint density at radius 1 is 1.36 bits per heavy atom. The van der Waals surface area contributed by atoms with E-state index in [4.69, 9.17) is 10.5 Å². The molecule has 8 nitrogen and oxygen atoms in total. The van der Waals surface area contributed by atoms with Crippen LogP contribution in [0.5, 0.6) is 0 Å². The maximum absolute atomic E-state index is 13.1. The van der Waals surface area contributed by atoms with E-state index < -0.39 is 0 Å². The molecule has 2 atom stereocenters. The van der Waals surface area contributed by atoms with Gasteiger partial charge in [-0.2, -0.15) is 5.10 Å². The van der Waals surface area contributed by atoms with Gasteiger partial charge in [0.1, 0.15) is 11.5 Å². The summed E-state index contributed by atoms with van der Waals surface area (Å²) in [4.78, 5) is 19.1. The van der Waals surface area contributed by atoms with Crippen LogP contribution in [0, 0.1) is 0 Å². The van der Waals surface area contributed by atoms with Gasteiger partial charge in [-0.15, -0.1) is 0 Å². The lowest BCUT2D eigenvalue weighted by Gasteiger charge is -2.24. The van der Waals surface area contributed by atoms with Crippen LogP contribution >= 0.6 is 0 Å². The number of pyridine rings is 1. The van der Waals surface area contributed by atoms with Crippen molar-refractivity contribution in [3.63, 3.8) is 0 Å². The number of rotatable bonds is 4. The van der Waals surface area contributed by atoms with Gasteiger partial charge in [0.15, 0.2) is 0 Å². The summed E-state index contributed by atoms with van der Waals surface area (Å²) in [5, 5.41) is 4.23. The van der Waals surface area contributed by atoms with E-state index in [1.165, 1.54) is 0 Å². The highest BCUT2D eigenvalue weighted by molar-refractivity contribution is 5.94. The topological polar surface area (TPSA) is 90.7 Å². The number of likely N-dealkylation sites (tertiary alicyclic amines) is 1. The quantitative estimate of drug-likeness (QED) is 0.766. The third kappa shape index (κ3) is 2.96. The minimum absolute atomic E-state index is 0.00948. The number of carbonyl (C=O) groups excluding carboxylic acids is 1. The van der Waals surface area contributed by atoms with Crippen LogP contribution in [-0.2, 0) is 11.3 Å². The van der Waals surface area contributed by atoms with Gasteiger partial charge >= 0.3 is 0 Å². The van der Waals surface area contributed by atoms with E-state index in [9.17, 15) is 4.79 Å². The van der Waals surface area contributed by atoms with Crippen LogP contribution in [0.4, 0.5) is 5.82 Å². The second kappa shape index (κ2) is 6.21. The zero-order valence-corrected chi connectivity index (χ0v) is 13.9. The lowest BCUT2D eigenvalue weighted by molar-refractivity contribution is 0.0678. The van der Waals surface area contributed by atoms with E-state index in [0.29, 0.717) is 24.5 Å². The molecule has 8 heteroatoms. The van der Waals surface area contributed by atoms with Crippen LogP contribution < -0.4 is 5.73 Å². The Morgan fingerprint density at radius 2 is 2.24 bits per heavy atom. The Balaban J connectivity index is 1.59. The lowest BCUT2D eigenvalue weighted by atomic mass is 10.2. The first-order chi connectivity index (χ1) is 12.1. The Labute approximate surface area is 144 Å². The number of ether oxygens (including phenoxy) is 1. The van der Waals surface area contributed by atoms with Crippen molar-refractivity contribution >= 4 is 17.4 Å². The fourth-order valence-corrected chi connectivity index (χ4v) is 3.37. The van der Waals surface area contributed by atoms with Gasteiger partial charge in [0.05, 0.1) is 24.3 Å². The van der Waals surface area contributed by atoms with Crippen LogP contribution in [0.1, 0.15) is 16.8 Å². The molecule has 0 aromatic carbocycles. The third-order valence-corrected chi connectivity index (χ3v) is 4.67. The van der Waals surface area contributed by atoms with E-state index in [1.54, 1.807) is 24.1 Å². The zero-order valence-electron chi connectivity index (χ0n) is 13.9. The minimum atomic E-state index is -0.0136. The Morgan fingerprint density at radius 3 is 3.00 bits per heavy atom. The molecule has 1 amide bonds. The highest BCUT2D eigenvalue weighted by atomic mass is 16.5. The summed E-state index contributed by atoms with van der Waals surface area (Å²) in [5.41, 5.74) is 7.14. The van der Waals surface area contributed by atoms with Crippen LogP contribution in [0.3, 0.4) is 0 Å². The van der Waals surface area contributed by atoms with Gasteiger partial charge in [-0.25, -0.2) is 4.98 Å². The van der Waals surface area contributed by atoms with Crippen LogP contribution in [-0.4, -0.2) is 55.8 Å². The lowest BCUT2D eigenvalue weighted by Crippen LogP contribution is -2.38. The van der Waals surface area contributed by atoms with Crippen molar-refractivity contribution in [1.29, 1.82) is 0 Å². The van der Waals surface area contributed by atoms with Crippen molar-refractivity contribution in [3.05, 3.63) is 48.5 Å². The second-order valence-electron chi connectivity index (χ2n) is 6.28. The van der Waals surface area contributed by atoms with Crippen molar-refractivity contribution in [3.8, 4) is 0 Å². The normalized spacial score (nSPS) is 20.4. The molecular weight excluding hydrogens is 320 g/mol. The van der Waals surface area contributed by atoms with E-state index >= 15 is 0 Å². The van der Waals surface area contributed by atoms with Crippen molar-refractivity contribution in [2.75, 3.05) is 19.4 Å². The summed E-state index contributed by atoms with van der Waals surface area (Å²) >= 11 is 0. The molecule has 0 saturated carbocycles. The number of methoxy groups -OCH3 is 1. The highest BCUT2D eigenvalue weighted by Gasteiger charge is 2.36. The Bertz CT molecular complexity index is 901. The number of hydrogen-bond acceptors (Lipinski definition) is 5. The smallest absolute Gasteiger partial charge is 0.255 e. The molecule has 0 spiro atoms. The van der Waals surface area contributed by atoms with Gasteiger partial charge in [0.2, 0.25) is 0 Å². The molecule has 1 fully saturated rings. The fourth-order valence-electron chi connectivity index (χ4n) is 3.37. The number of anilines is 1. The van der Waals surface area contributed by atoms with E-state index in [0.717, 1.165) is 12.1 Å². The highest BCUT2D eigenvalue weighted by Crippen LogP contribution is 2.24. The summed E-state index contributed by atoms with van der Waals surface area (Å²) in [6.45, 7) is 1.16. The van der Waals surface area contributed by atoms with Gasteiger partial charge in [-0.1, -0.05) is 0 Å². The predicted molar refractivity (Wildman–Crippen MR) is 92.1 cm³/mol. The summed E-state index contributed by atoms with van der Waals surface area (Å²) in [6, 6.07) is 5.42. The second-order valence-corrected chi connectivity index (χ2v) is 6.28. The van der Waals surface area contributed by atoms with Gasteiger partial charge in [0, 0.05) is 38.4 Å². The minimum Gasteiger partial charge on any atom is -0.382 e. The monoisotopic (exact) mass is 340 g/mol. The van der Waals surface area contributed by atoms with Crippen molar-refractivity contribution in [2.45, 2.75) is 25.1 Å². The number of carbonyl (C=O) groups is 1. The van der Waals surface area contributed by atoms with Gasteiger partial charge < -0.3 is 19.8 Å². The number of amides is 1. The summed E-state index contributed by atoms with van der Waals surface area (Å²) in [6.07, 6.45) is 7.99. The molecule has 0 unspecified atom stereocenters. The number of nitrogens with two attached hydrogens (primary N) is 1. The zero-order chi connectivity index (χ0) is 17.4. The van der Waals surface area contributed by atoms with Gasteiger partial charge in [-0.05, 0) is 24.6 Å². The first kappa shape index (κ1) is 15.6. The average Bonchev–Trinajstić information content (AvgIpc) is 3.33. The van der Waals surface area contributed by atoms with E-state index in [-0.39, 0.29) is 18.1 Å². The van der Waals surface area contributed by atoms with Crippen molar-refractivity contribution in [1.82, 2.24) is 24.1 Å². The molecule has 130 valence electrons.